The highest BCUT2D eigenvalue weighted by Crippen LogP contribution is 2.50. The molecule has 0 unspecified atom stereocenters. The summed E-state index contributed by atoms with van der Waals surface area (Å²) in [5.41, 5.74) is 11.6. The van der Waals surface area contributed by atoms with Crippen molar-refractivity contribution in [1.29, 1.82) is 0 Å². The van der Waals surface area contributed by atoms with Gasteiger partial charge in [-0.25, -0.2) is 9.97 Å². The molecule has 0 atom stereocenters. The Hall–Kier alpha value is -6.26. The van der Waals surface area contributed by atoms with Gasteiger partial charge in [-0.1, -0.05) is 117 Å². The molecular formula is C45H31N3O. The molecule has 9 aromatic rings. The summed E-state index contributed by atoms with van der Waals surface area (Å²) in [6.07, 6.45) is 0. The molecule has 49 heavy (non-hydrogen) atoms. The third-order valence-corrected chi connectivity index (χ3v) is 10.3. The minimum Gasteiger partial charge on any atom is -0.455 e. The van der Waals surface area contributed by atoms with Crippen LogP contribution in [0.5, 0.6) is 0 Å². The third kappa shape index (κ3) is 4.17. The fourth-order valence-electron chi connectivity index (χ4n) is 7.82. The maximum absolute atomic E-state index is 6.59. The lowest BCUT2D eigenvalue weighted by molar-refractivity contribution is 0.660. The molecule has 7 aromatic carbocycles. The Labute approximate surface area is 283 Å². The standard InChI is InChI=1S/C45H31N3O/c1-45(2)38-18-10-8-16-33(38)34-25-22-31(27-39(34)45)48(30-13-4-3-5-14-30)44-46-40-19-11-9-17-37(40)42(47-44)29-21-23-35-36-24-20-28-12-6-7-15-32(28)43(36)49-41(35)26-29/h3-27H,1-2H3. The average Bonchev–Trinajstić information content (AvgIpc) is 3.64. The van der Waals surface area contributed by atoms with Crippen LogP contribution < -0.4 is 4.90 Å². The molecule has 0 spiro atoms. The molecule has 2 heterocycles. The van der Waals surface area contributed by atoms with Gasteiger partial charge in [-0.05, 0) is 76.2 Å². The van der Waals surface area contributed by atoms with Crippen molar-refractivity contribution in [1.82, 2.24) is 9.97 Å². The van der Waals surface area contributed by atoms with Gasteiger partial charge >= 0.3 is 0 Å². The highest BCUT2D eigenvalue weighted by molar-refractivity contribution is 6.15. The van der Waals surface area contributed by atoms with Gasteiger partial charge in [0.25, 0.3) is 0 Å². The first-order valence-electron chi connectivity index (χ1n) is 16.8. The first-order chi connectivity index (χ1) is 24.0. The number of anilines is 3. The Bertz CT molecular complexity index is 2760. The van der Waals surface area contributed by atoms with Gasteiger partial charge in [0.2, 0.25) is 5.95 Å². The number of furan rings is 1. The second kappa shape index (κ2) is 10.4. The largest absolute Gasteiger partial charge is 0.455 e. The summed E-state index contributed by atoms with van der Waals surface area (Å²) in [4.78, 5) is 12.8. The van der Waals surface area contributed by atoms with Gasteiger partial charge in [0, 0.05) is 43.9 Å². The number of hydrogen-bond donors (Lipinski definition) is 0. The van der Waals surface area contributed by atoms with E-state index in [0.29, 0.717) is 5.95 Å². The molecule has 0 radical (unpaired) electrons. The Morgan fingerprint density at radius 3 is 2.16 bits per heavy atom. The normalized spacial score (nSPS) is 13.3. The van der Waals surface area contributed by atoms with Gasteiger partial charge < -0.3 is 4.42 Å². The van der Waals surface area contributed by atoms with E-state index in [9.17, 15) is 0 Å². The maximum atomic E-state index is 6.59. The first kappa shape index (κ1) is 27.8. The number of benzene rings is 7. The monoisotopic (exact) mass is 629 g/mol. The van der Waals surface area contributed by atoms with E-state index < -0.39 is 0 Å². The molecular weight excluding hydrogens is 599 g/mol. The van der Waals surface area contributed by atoms with Gasteiger partial charge in [-0.2, -0.15) is 0 Å². The van der Waals surface area contributed by atoms with Gasteiger partial charge in [-0.3, -0.25) is 4.90 Å². The summed E-state index contributed by atoms with van der Waals surface area (Å²) >= 11 is 0. The van der Waals surface area contributed by atoms with Crippen molar-refractivity contribution < 1.29 is 4.42 Å². The van der Waals surface area contributed by atoms with E-state index >= 15 is 0 Å². The van der Waals surface area contributed by atoms with Crippen LogP contribution in [-0.4, -0.2) is 9.97 Å². The second-order valence-electron chi connectivity index (χ2n) is 13.4. The molecule has 0 aliphatic heterocycles. The summed E-state index contributed by atoms with van der Waals surface area (Å²) in [5, 5.41) is 5.49. The lowest BCUT2D eigenvalue weighted by Crippen LogP contribution is -2.17. The zero-order valence-corrected chi connectivity index (χ0v) is 27.2. The molecule has 0 bridgehead atoms. The van der Waals surface area contributed by atoms with E-state index in [0.717, 1.165) is 60.9 Å². The number of aromatic nitrogens is 2. The zero-order valence-electron chi connectivity index (χ0n) is 27.2. The van der Waals surface area contributed by atoms with Crippen LogP contribution in [-0.2, 0) is 5.41 Å². The highest BCUT2D eigenvalue weighted by Gasteiger charge is 2.36. The van der Waals surface area contributed by atoms with Crippen LogP contribution in [0.25, 0.3) is 66.0 Å². The predicted molar refractivity (Wildman–Crippen MR) is 202 cm³/mol. The quantitative estimate of drug-likeness (QED) is 0.194. The number of hydrogen-bond acceptors (Lipinski definition) is 4. The first-order valence-corrected chi connectivity index (χ1v) is 16.8. The third-order valence-electron chi connectivity index (χ3n) is 10.3. The van der Waals surface area contributed by atoms with Crippen molar-refractivity contribution in [3.05, 3.63) is 163 Å². The summed E-state index contributed by atoms with van der Waals surface area (Å²) < 4.78 is 6.59. The summed E-state index contributed by atoms with van der Waals surface area (Å²) in [6, 6.07) is 53.4. The topological polar surface area (TPSA) is 42.2 Å². The average molecular weight is 630 g/mol. The van der Waals surface area contributed by atoms with Crippen LogP contribution in [0, 0.1) is 0 Å². The minimum atomic E-state index is -0.132. The van der Waals surface area contributed by atoms with Crippen molar-refractivity contribution >= 4 is 60.9 Å². The fourth-order valence-corrected chi connectivity index (χ4v) is 7.82. The molecule has 10 rings (SSSR count). The summed E-state index contributed by atoms with van der Waals surface area (Å²) in [5.74, 6) is 0.615. The van der Waals surface area contributed by atoms with Crippen LogP contribution in [0.1, 0.15) is 25.0 Å². The fraction of sp³-hybridized carbons (Fsp3) is 0.0667. The highest BCUT2D eigenvalue weighted by atomic mass is 16.3. The molecule has 2 aromatic heterocycles. The van der Waals surface area contributed by atoms with E-state index in [-0.39, 0.29) is 5.41 Å². The number of para-hydroxylation sites is 2. The molecule has 0 amide bonds. The molecule has 1 aliphatic rings. The van der Waals surface area contributed by atoms with E-state index in [4.69, 9.17) is 14.4 Å². The van der Waals surface area contributed by atoms with E-state index in [2.05, 4.69) is 158 Å². The summed E-state index contributed by atoms with van der Waals surface area (Å²) in [6.45, 7) is 4.63. The van der Waals surface area contributed by atoms with Crippen molar-refractivity contribution in [3.63, 3.8) is 0 Å². The Morgan fingerprint density at radius 2 is 1.27 bits per heavy atom. The summed E-state index contributed by atoms with van der Waals surface area (Å²) in [7, 11) is 0. The molecule has 4 heteroatoms. The van der Waals surface area contributed by atoms with Crippen molar-refractivity contribution in [2.45, 2.75) is 19.3 Å². The maximum Gasteiger partial charge on any atom is 0.235 e. The van der Waals surface area contributed by atoms with E-state index in [1.54, 1.807) is 0 Å². The number of rotatable bonds is 4. The molecule has 4 nitrogen and oxygen atoms in total. The molecule has 0 N–H and O–H groups in total. The Morgan fingerprint density at radius 1 is 0.531 bits per heavy atom. The smallest absolute Gasteiger partial charge is 0.235 e. The van der Waals surface area contributed by atoms with Crippen molar-refractivity contribution in [2.24, 2.45) is 0 Å². The lowest BCUT2D eigenvalue weighted by Gasteiger charge is -2.27. The van der Waals surface area contributed by atoms with Crippen LogP contribution >= 0.6 is 0 Å². The second-order valence-corrected chi connectivity index (χ2v) is 13.4. The van der Waals surface area contributed by atoms with Crippen LogP contribution in [0.3, 0.4) is 0 Å². The van der Waals surface area contributed by atoms with E-state index in [1.807, 2.05) is 12.1 Å². The SMILES string of the molecule is CC1(C)c2ccccc2-c2ccc(N(c3ccccc3)c3nc(-c4ccc5c(c4)oc4c6ccccc6ccc54)c4ccccc4n3)cc21. The Balaban J connectivity index is 1.18. The Kier molecular flexibility index (Phi) is 5.89. The van der Waals surface area contributed by atoms with Gasteiger partial charge in [0.1, 0.15) is 11.2 Å². The molecule has 0 saturated carbocycles. The van der Waals surface area contributed by atoms with Crippen molar-refractivity contribution in [3.8, 4) is 22.4 Å². The van der Waals surface area contributed by atoms with Crippen LogP contribution in [0.2, 0.25) is 0 Å². The van der Waals surface area contributed by atoms with Crippen molar-refractivity contribution in [2.75, 3.05) is 4.90 Å². The number of fused-ring (bicyclic) bond motifs is 9. The number of nitrogens with zero attached hydrogens (tertiary/aromatic N) is 3. The van der Waals surface area contributed by atoms with E-state index in [1.165, 1.54) is 27.6 Å². The van der Waals surface area contributed by atoms with Gasteiger partial charge in [0.15, 0.2) is 0 Å². The van der Waals surface area contributed by atoms with Crippen LogP contribution in [0.4, 0.5) is 17.3 Å². The van der Waals surface area contributed by atoms with Gasteiger partial charge in [-0.15, -0.1) is 0 Å². The zero-order chi connectivity index (χ0) is 32.7. The molecule has 0 fully saturated rings. The van der Waals surface area contributed by atoms with Crippen LogP contribution in [0.15, 0.2) is 156 Å². The molecule has 232 valence electrons. The lowest BCUT2D eigenvalue weighted by atomic mass is 9.82. The molecule has 0 saturated heterocycles. The predicted octanol–water partition coefficient (Wildman–Crippen LogP) is 12.1. The van der Waals surface area contributed by atoms with Gasteiger partial charge in [0.05, 0.1) is 11.2 Å². The minimum absolute atomic E-state index is 0.132. The molecule has 1 aliphatic carbocycles.